The second-order valence-corrected chi connectivity index (χ2v) is 8.50. The normalized spacial score (nSPS) is 16.2. The van der Waals surface area contributed by atoms with E-state index < -0.39 is 0 Å². The average Bonchev–Trinajstić information content (AvgIpc) is 3.44. The molecule has 1 fully saturated rings. The van der Waals surface area contributed by atoms with Gasteiger partial charge in [0.25, 0.3) is 0 Å². The Morgan fingerprint density at radius 2 is 1.72 bits per heavy atom. The lowest BCUT2D eigenvalue weighted by atomic mass is 9.95. The zero-order valence-electron chi connectivity index (χ0n) is 18.6. The minimum atomic E-state index is -0.172. The van der Waals surface area contributed by atoms with Crippen LogP contribution in [-0.4, -0.2) is 36.4 Å². The van der Waals surface area contributed by atoms with E-state index in [-0.39, 0.29) is 41.1 Å². The van der Waals surface area contributed by atoms with Crippen LogP contribution < -0.4 is 10.6 Å². The summed E-state index contributed by atoms with van der Waals surface area (Å²) in [5, 5.41) is 6.58. The van der Waals surface area contributed by atoms with E-state index in [1.807, 2.05) is 36.1 Å². The first-order valence-corrected chi connectivity index (χ1v) is 11.2. The smallest absolute Gasteiger partial charge is 0.223 e. The van der Waals surface area contributed by atoms with Gasteiger partial charge in [0.1, 0.15) is 5.82 Å². The van der Waals surface area contributed by atoms with Gasteiger partial charge in [0.2, 0.25) is 5.91 Å². The van der Waals surface area contributed by atoms with Crippen LogP contribution in [0.15, 0.2) is 53.5 Å². The summed E-state index contributed by atoms with van der Waals surface area (Å²) in [4.78, 5) is 19.2. The van der Waals surface area contributed by atoms with Crippen molar-refractivity contribution in [1.82, 2.24) is 15.5 Å². The van der Waals surface area contributed by atoms with Gasteiger partial charge >= 0.3 is 0 Å². The molecule has 0 aromatic heterocycles. The van der Waals surface area contributed by atoms with Crippen LogP contribution in [-0.2, 0) is 23.3 Å². The van der Waals surface area contributed by atoms with Gasteiger partial charge in [-0.2, -0.15) is 0 Å². The number of rotatable bonds is 8. The van der Waals surface area contributed by atoms with Crippen molar-refractivity contribution >= 4 is 35.8 Å². The molecule has 172 valence electrons. The molecule has 0 spiro atoms. The molecule has 5 nitrogen and oxygen atoms in total. The Kier molecular flexibility index (Phi) is 8.51. The summed E-state index contributed by atoms with van der Waals surface area (Å²) in [7, 11) is 0. The number of guanidine groups is 1. The summed E-state index contributed by atoms with van der Waals surface area (Å²) in [5.41, 5.74) is 3.10. The third-order valence-electron chi connectivity index (χ3n) is 6.24. The van der Waals surface area contributed by atoms with Crippen molar-refractivity contribution in [1.29, 1.82) is 0 Å². The van der Waals surface area contributed by atoms with Crippen LogP contribution in [0.1, 0.15) is 49.3 Å². The Labute approximate surface area is 206 Å². The first-order chi connectivity index (χ1) is 15.1. The van der Waals surface area contributed by atoms with E-state index >= 15 is 0 Å². The fourth-order valence-electron chi connectivity index (χ4n) is 4.24. The number of halogens is 2. The van der Waals surface area contributed by atoms with Gasteiger partial charge in [-0.3, -0.25) is 9.79 Å². The highest BCUT2D eigenvalue weighted by atomic mass is 127. The fraction of sp³-hybridized carbons (Fsp3) is 0.440. The Morgan fingerprint density at radius 1 is 1.06 bits per heavy atom. The van der Waals surface area contributed by atoms with Crippen LogP contribution in [0.3, 0.4) is 0 Å². The minimum absolute atomic E-state index is 0. The monoisotopic (exact) mass is 550 g/mol. The second kappa shape index (κ2) is 11.1. The molecule has 4 rings (SSSR count). The van der Waals surface area contributed by atoms with Gasteiger partial charge in [0, 0.05) is 38.0 Å². The summed E-state index contributed by atoms with van der Waals surface area (Å²) >= 11 is 0. The largest absolute Gasteiger partial charge is 0.357 e. The van der Waals surface area contributed by atoms with Crippen molar-refractivity contribution in [3.63, 3.8) is 0 Å². The Balaban J connectivity index is 0.00000289. The summed E-state index contributed by atoms with van der Waals surface area (Å²) in [6.07, 6.45) is 3.18. The van der Waals surface area contributed by atoms with Crippen molar-refractivity contribution in [2.24, 2.45) is 4.99 Å². The van der Waals surface area contributed by atoms with E-state index in [0.717, 1.165) is 37.3 Å². The van der Waals surface area contributed by atoms with Gasteiger partial charge in [-0.25, -0.2) is 4.39 Å². The molecule has 2 N–H and O–H groups in total. The van der Waals surface area contributed by atoms with E-state index in [2.05, 4.69) is 22.8 Å². The Morgan fingerprint density at radius 3 is 2.34 bits per heavy atom. The number of carbonyl (C=O) groups excluding carboxylic acids is 1. The number of benzene rings is 2. The minimum Gasteiger partial charge on any atom is -0.357 e. The summed E-state index contributed by atoms with van der Waals surface area (Å²) in [5.74, 6) is 0.776. The average molecular weight is 550 g/mol. The summed E-state index contributed by atoms with van der Waals surface area (Å²) in [6.45, 7) is 5.44. The molecule has 1 heterocycles. The maximum atomic E-state index is 14.2. The molecule has 1 aliphatic heterocycles. The zero-order chi connectivity index (χ0) is 21.7. The van der Waals surface area contributed by atoms with Crippen LogP contribution in [0.4, 0.5) is 4.39 Å². The van der Waals surface area contributed by atoms with Crippen LogP contribution in [0.5, 0.6) is 0 Å². The van der Waals surface area contributed by atoms with Gasteiger partial charge in [0.05, 0.1) is 6.54 Å². The molecule has 32 heavy (non-hydrogen) atoms. The lowest BCUT2D eigenvalue weighted by molar-refractivity contribution is -0.131. The highest BCUT2D eigenvalue weighted by molar-refractivity contribution is 14.0. The first kappa shape index (κ1) is 24.5. The molecule has 7 heteroatoms. The number of hydrogen-bond donors (Lipinski definition) is 2. The molecular formula is C25H32FIN4O. The van der Waals surface area contributed by atoms with E-state index in [0.29, 0.717) is 32.6 Å². The molecule has 0 unspecified atom stereocenters. The number of nitrogens with one attached hydrogen (secondary N) is 2. The van der Waals surface area contributed by atoms with Gasteiger partial charge < -0.3 is 15.5 Å². The molecule has 0 radical (unpaired) electrons. The van der Waals surface area contributed by atoms with E-state index in [1.54, 1.807) is 6.07 Å². The fourth-order valence-corrected chi connectivity index (χ4v) is 4.24. The van der Waals surface area contributed by atoms with Crippen molar-refractivity contribution in [2.45, 2.75) is 51.1 Å². The number of fused-ring (bicyclic) bond motifs is 1. The van der Waals surface area contributed by atoms with Crippen molar-refractivity contribution < 1.29 is 9.18 Å². The maximum absolute atomic E-state index is 14.2. The number of amides is 1. The summed E-state index contributed by atoms with van der Waals surface area (Å²) < 4.78 is 14.2. The highest BCUT2D eigenvalue weighted by Gasteiger charge is 2.45. The molecule has 1 aliphatic carbocycles. The van der Waals surface area contributed by atoms with Gasteiger partial charge in [0.15, 0.2) is 5.96 Å². The van der Waals surface area contributed by atoms with Gasteiger partial charge in [-0.05, 0) is 48.9 Å². The highest BCUT2D eigenvalue weighted by Crippen LogP contribution is 2.49. The predicted molar refractivity (Wildman–Crippen MR) is 137 cm³/mol. The lowest BCUT2D eigenvalue weighted by Gasteiger charge is -2.17. The van der Waals surface area contributed by atoms with Crippen LogP contribution >= 0.6 is 24.0 Å². The molecule has 2 aromatic carbocycles. The lowest BCUT2D eigenvalue weighted by Crippen LogP contribution is -2.38. The molecule has 2 aromatic rings. The first-order valence-electron chi connectivity index (χ1n) is 11.2. The van der Waals surface area contributed by atoms with E-state index in [1.165, 1.54) is 17.2 Å². The molecule has 0 saturated heterocycles. The number of hydrogen-bond acceptors (Lipinski definition) is 2. The van der Waals surface area contributed by atoms with Gasteiger partial charge in [-0.15, -0.1) is 24.0 Å². The molecule has 1 amide bonds. The standard InChI is InChI=1S/C25H31FN4O.HI/c1-2-27-24(29-18-25(13-14-25)21-10-5-6-11-22(21)26)28-15-7-12-23(31)30-16-19-8-3-4-9-20(19)17-30;/h3-6,8-11H,2,7,12-18H2,1H3,(H2,27,28,29);1H. The van der Waals surface area contributed by atoms with Crippen LogP contribution in [0.25, 0.3) is 0 Å². The number of carbonyl (C=O) groups is 1. The second-order valence-electron chi connectivity index (χ2n) is 8.50. The van der Waals surface area contributed by atoms with Crippen molar-refractivity contribution in [3.05, 3.63) is 71.0 Å². The Bertz CT molecular complexity index is 935. The van der Waals surface area contributed by atoms with E-state index in [4.69, 9.17) is 4.99 Å². The third-order valence-corrected chi connectivity index (χ3v) is 6.24. The van der Waals surface area contributed by atoms with Crippen LogP contribution in [0.2, 0.25) is 0 Å². The molecular weight excluding hydrogens is 518 g/mol. The maximum Gasteiger partial charge on any atom is 0.223 e. The summed E-state index contributed by atoms with van der Waals surface area (Å²) in [6, 6.07) is 15.3. The van der Waals surface area contributed by atoms with Crippen molar-refractivity contribution in [2.75, 3.05) is 19.6 Å². The topological polar surface area (TPSA) is 56.7 Å². The Hall–Kier alpha value is -2.16. The van der Waals surface area contributed by atoms with E-state index in [9.17, 15) is 9.18 Å². The predicted octanol–water partition coefficient (Wildman–Crippen LogP) is 4.35. The molecule has 0 atom stereocenters. The zero-order valence-corrected chi connectivity index (χ0v) is 20.9. The molecule has 2 aliphatic rings. The van der Waals surface area contributed by atoms with Crippen LogP contribution in [0, 0.1) is 5.82 Å². The molecule has 0 bridgehead atoms. The van der Waals surface area contributed by atoms with Crippen molar-refractivity contribution in [3.8, 4) is 0 Å². The number of nitrogens with zero attached hydrogens (tertiary/aromatic N) is 2. The molecule has 1 saturated carbocycles. The SMILES string of the molecule is CCNC(=NCC1(c2ccccc2F)CC1)NCCCC(=O)N1Cc2ccccc2C1.I. The third kappa shape index (κ3) is 5.79. The quantitative estimate of drug-likeness (QED) is 0.223. The number of aliphatic imine (C=N–C) groups is 1. The van der Waals surface area contributed by atoms with Gasteiger partial charge in [-0.1, -0.05) is 42.5 Å².